The first kappa shape index (κ1) is 21.0. The summed E-state index contributed by atoms with van der Waals surface area (Å²) in [4.78, 5) is 14.4. The van der Waals surface area contributed by atoms with Gasteiger partial charge in [-0.25, -0.2) is 4.98 Å². The molecule has 2 aromatic rings. The molecule has 0 saturated carbocycles. The van der Waals surface area contributed by atoms with Crippen LogP contribution in [-0.2, 0) is 0 Å². The van der Waals surface area contributed by atoms with E-state index in [1.54, 1.807) is 0 Å². The second-order valence-corrected chi connectivity index (χ2v) is 7.66. The topological polar surface area (TPSA) is 37.6 Å². The van der Waals surface area contributed by atoms with E-state index >= 15 is 0 Å². The summed E-state index contributed by atoms with van der Waals surface area (Å²) < 4.78 is 0. The Morgan fingerprint density at radius 1 is 0.556 bits per heavy atom. The quantitative estimate of drug-likeness (QED) is 0.605. The molecule has 0 aliphatic heterocycles. The SMILES string of the molecule is CN=C(C)c1nc(C(C)=Nc2c(C)c(C)c(C)c(C)c2C)c(C)c(C)c1C. The van der Waals surface area contributed by atoms with Crippen LogP contribution in [0, 0.1) is 55.4 Å². The number of hydrogen-bond donors (Lipinski definition) is 0. The van der Waals surface area contributed by atoms with Gasteiger partial charge >= 0.3 is 0 Å². The number of hydrogen-bond acceptors (Lipinski definition) is 3. The third-order valence-corrected chi connectivity index (χ3v) is 6.32. The maximum absolute atomic E-state index is 5.06. The summed E-state index contributed by atoms with van der Waals surface area (Å²) in [5.41, 5.74) is 15.1. The Kier molecular flexibility index (Phi) is 6.04. The van der Waals surface area contributed by atoms with Gasteiger partial charge in [-0.3, -0.25) is 9.98 Å². The Hall–Kier alpha value is -2.29. The first-order chi connectivity index (χ1) is 12.5. The average Bonchev–Trinajstić information content (AvgIpc) is 2.65. The predicted molar refractivity (Wildman–Crippen MR) is 119 cm³/mol. The van der Waals surface area contributed by atoms with Crippen LogP contribution in [0.5, 0.6) is 0 Å². The molecule has 0 radical (unpaired) electrons. The maximum Gasteiger partial charge on any atom is 0.0881 e. The Balaban J connectivity index is 2.77. The van der Waals surface area contributed by atoms with Crippen molar-refractivity contribution in [2.45, 2.75) is 69.2 Å². The molecule has 0 N–H and O–H groups in total. The highest BCUT2D eigenvalue weighted by molar-refractivity contribution is 6.03. The standard InChI is InChI=1S/C24H33N3/c1-12-13(2)16(5)22(17(6)14(12)3)26-21(10)24-19(8)15(4)18(7)23(27-24)20(9)25-11/h1-11H3. The molecular formula is C24H33N3. The van der Waals surface area contributed by atoms with Gasteiger partial charge in [0, 0.05) is 7.05 Å². The van der Waals surface area contributed by atoms with Gasteiger partial charge in [0.2, 0.25) is 0 Å². The molecule has 0 aliphatic carbocycles. The molecule has 0 fully saturated rings. The predicted octanol–water partition coefficient (Wildman–Crippen LogP) is 6.13. The fraction of sp³-hybridized carbons (Fsp3) is 0.458. The lowest BCUT2D eigenvalue weighted by Crippen LogP contribution is -2.12. The number of benzene rings is 1. The van der Waals surface area contributed by atoms with Crippen molar-refractivity contribution in [2.24, 2.45) is 9.98 Å². The fourth-order valence-electron chi connectivity index (χ4n) is 3.59. The van der Waals surface area contributed by atoms with Crippen molar-refractivity contribution in [3.63, 3.8) is 0 Å². The van der Waals surface area contributed by atoms with E-state index in [-0.39, 0.29) is 0 Å². The third kappa shape index (κ3) is 3.60. The van der Waals surface area contributed by atoms with Gasteiger partial charge in [-0.05, 0) is 114 Å². The van der Waals surface area contributed by atoms with Gasteiger partial charge in [-0.2, -0.15) is 0 Å². The van der Waals surface area contributed by atoms with Crippen LogP contribution in [0.15, 0.2) is 9.98 Å². The van der Waals surface area contributed by atoms with Crippen molar-refractivity contribution < 1.29 is 0 Å². The normalized spacial score (nSPS) is 12.7. The number of rotatable bonds is 3. The van der Waals surface area contributed by atoms with E-state index in [0.717, 1.165) is 28.5 Å². The van der Waals surface area contributed by atoms with Crippen molar-refractivity contribution in [1.29, 1.82) is 0 Å². The molecule has 2 rings (SSSR count). The molecule has 0 amide bonds. The zero-order valence-electron chi connectivity index (χ0n) is 18.8. The molecule has 27 heavy (non-hydrogen) atoms. The van der Waals surface area contributed by atoms with Crippen LogP contribution in [0.3, 0.4) is 0 Å². The van der Waals surface area contributed by atoms with Crippen molar-refractivity contribution in [3.8, 4) is 0 Å². The second kappa shape index (κ2) is 7.75. The molecule has 1 heterocycles. The van der Waals surface area contributed by atoms with Crippen LogP contribution in [0.4, 0.5) is 5.69 Å². The minimum Gasteiger partial charge on any atom is -0.291 e. The largest absolute Gasteiger partial charge is 0.291 e. The van der Waals surface area contributed by atoms with Gasteiger partial charge in [-0.1, -0.05) is 0 Å². The molecule has 1 aromatic carbocycles. The smallest absolute Gasteiger partial charge is 0.0881 e. The lowest BCUT2D eigenvalue weighted by atomic mass is 9.93. The molecule has 0 aliphatic rings. The molecule has 3 nitrogen and oxygen atoms in total. The number of aliphatic imine (C=N–C) groups is 2. The summed E-state index contributed by atoms with van der Waals surface area (Å²) in [5.74, 6) is 0. The first-order valence-corrected chi connectivity index (χ1v) is 9.57. The lowest BCUT2D eigenvalue weighted by molar-refractivity contribution is 1.11. The minimum absolute atomic E-state index is 0.953. The molecule has 144 valence electrons. The third-order valence-electron chi connectivity index (χ3n) is 6.32. The molecular weight excluding hydrogens is 330 g/mol. The van der Waals surface area contributed by atoms with Gasteiger partial charge in [0.05, 0.1) is 28.5 Å². The van der Waals surface area contributed by atoms with Gasteiger partial charge in [-0.15, -0.1) is 0 Å². The van der Waals surface area contributed by atoms with E-state index in [1.165, 1.54) is 44.5 Å². The van der Waals surface area contributed by atoms with E-state index in [2.05, 4.69) is 67.3 Å². The van der Waals surface area contributed by atoms with Gasteiger partial charge < -0.3 is 0 Å². The van der Waals surface area contributed by atoms with Gasteiger partial charge in [0.25, 0.3) is 0 Å². The van der Waals surface area contributed by atoms with E-state index in [4.69, 9.17) is 9.98 Å². The summed E-state index contributed by atoms with van der Waals surface area (Å²) in [7, 11) is 1.82. The van der Waals surface area contributed by atoms with E-state index in [0.29, 0.717) is 0 Å². The van der Waals surface area contributed by atoms with Crippen molar-refractivity contribution in [2.75, 3.05) is 7.05 Å². The van der Waals surface area contributed by atoms with E-state index in [9.17, 15) is 0 Å². The molecule has 1 aromatic heterocycles. The minimum atomic E-state index is 0.953. The summed E-state index contributed by atoms with van der Waals surface area (Å²) >= 11 is 0. The van der Waals surface area contributed by atoms with Crippen LogP contribution in [0.2, 0.25) is 0 Å². The first-order valence-electron chi connectivity index (χ1n) is 9.57. The van der Waals surface area contributed by atoms with Crippen molar-refractivity contribution in [1.82, 2.24) is 4.98 Å². The van der Waals surface area contributed by atoms with Crippen LogP contribution >= 0.6 is 0 Å². The molecule has 0 atom stereocenters. The summed E-state index contributed by atoms with van der Waals surface area (Å²) in [6.07, 6.45) is 0. The van der Waals surface area contributed by atoms with Crippen molar-refractivity contribution >= 4 is 17.1 Å². The molecule has 0 spiro atoms. The summed E-state index contributed by atoms with van der Waals surface area (Å²) in [5, 5.41) is 0. The highest BCUT2D eigenvalue weighted by Crippen LogP contribution is 2.33. The van der Waals surface area contributed by atoms with Crippen LogP contribution in [0.1, 0.15) is 69.7 Å². The Labute approximate surface area is 164 Å². The average molecular weight is 364 g/mol. The summed E-state index contributed by atoms with van der Waals surface area (Å²) in [6.45, 7) is 21.4. The van der Waals surface area contributed by atoms with E-state index < -0.39 is 0 Å². The molecule has 0 bridgehead atoms. The van der Waals surface area contributed by atoms with E-state index in [1.807, 2.05) is 14.0 Å². The Bertz CT molecular complexity index is 947. The number of pyridine rings is 1. The maximum atomic E-state index is 5.06. The van der Waals surface area contributed by atoms with Crippen LogP contribution in [0.25, 0.3) is 0 Å². The van der Waals surface area contributed by atoms with Crippen molar-refractivity contribution in [3.05, 3.63) is 55.9 Å². The Morgan fingerprint density at radius 3 is 1.37 bits per heavy atom. The molecule has 0 saturated heterocycles. The lowest BCUT2D eigenvalue weighted by Gasteiger charge is -2.18. The molecule has 3 heteroatoms. The van der Waals surface area contributed by atoms with Crippen LogP contribution in [-0.4, -0.2) is 23.5 Å². The van der Waals surface area contributed by atoms with Gasteiger partial charge in [0.1, 0.15) is 0 Å². The monoisotopic (exact) mass is 363 g/mol. The Morgan fingerprint density at radius 2 is 0.926 bits per heavy atom. The number of nitrogens with zero attached hydrogens (tertiary/aromatic N) is 3. The highest BCUT2D eigenvalue weighted by atomic mass is 14.8. The molecule has 0 unspecified atom stereocenters. The fourth-order valence-corrected chi connectivity index (χ4v) is 3.59. The van der Waals surface area contributed by atoms with Crippen LogP contribution < -0.4 is 0 Å². The summed E-state index contributed by atoms with van der Waals surface area (Å²) in [6, 6.07) is 0. The zero-order valence-corrected chi connectivity index (χ0v) is 18.8. The second-order valence-electron chi connectivity index (χ2n) is 7.66. The zero-order chi connectivity index (χ0) is 20.6. The number of aromatic nitrogens is 1. The van der Waals surface area contributed by atoms with Gasteiger partial charge in [0.15, 0.2) is 0 Å². The highest BCUT2D eigenvalue weighted by Gasteiger charge is 2.17.